The molecule has 1 aromatic carbocycles. The van der Waals surface area contributed by atoms with Crippen LogP contribution in [-0.2, 0) is 9.59 Å². The van der Waals surface area contributed by atoms with Crippen LogP contribution in [0, 0.1) is 0 Å². The smallest absolute Gasteiger partial charge is 0.223 e. The Morgan fingerprint density at radius 2 is 2.15 bits per heavy atom. The van der Waals surface area contributed by atoms with Crippen LogP contribution in [0.1, 0.15) is 19.3 Å². The number of amides is 2. The third-order valence-corrected chi connectivity index (χ3v) is 3.57. The van der Waals surface area contributed by atoms with Crippen LogP contribution in [0.15, 0.2) is 28.7 Å². The third-order valence-electron chi connectivity index (χ3n) is 3.04. The molecule has 2 rings (SSSR count). The fraction of sp³-hybridized carbons (Fsp3) is 0.429. The summed E-state index contributed by atoms with van der Waals surface area (Å²) in [6.45, 7) is 0.852. The lowest BCUT2D eigenvalue weighted by molar-refractivity contribution is -0.125. The van der Waals surface area contributed by atoms with Gasteiger partial charge in [0.15, 0.2) is 0 Å². The Hall–Kier alpha value is -1.56. The van der Waals surface area contributed by atoms with Gasteiger partial charge in [-0.15, -0.1) is 0 Å². The molecule has 2 N–H and O–H groups in total. The van der Waals surface area contributed by atoms with E-state index in [-0.39, 0.29) is 17.9 Å². The van der Waals surface area contributed by atoms with Crippen molar-refractivity contribution in [2.45, 2.75) is 25.3 Å². The van der Waals surface area contributed by atoms with Crippen LogP contribution in [0.25, 0.3) is 0 Å². The van der Waals surface area contributed by atoms with E-state index in [4.69, 9.17) is 4.74 Å². The van der Waals surface area contributed by atoms with Crippen LogP contribution in [0.2, 0.25) is 0 Å². The number of carbonyl (C=O) groups is 2. The average Bonchev–Trinajstić information content (AvgIpc) is 2.44. The van der Waals surface area contributed by atoms with Gasteiger partial charge in [0.25, 0.3) is 0 Å². The Kier molecular flexibility index (Phi) is 5.40. The maximum atomic E-state index is 11.7. The number of piperidine rings is 1. The molecule has 0 bridgehead atoms. The van der Waals surface area contributed by atoms with Crippen molar-refractivity contribution >= 4 is 27.7 Å². The van der Waals surface area contributed by atoms with Gasteiger partial charge < -0.3 is 15.4 Å². The Labute approximate surface area is 126 Å². The van der Waals surface area contributed by atoms with E-state index in [1.807, 2.05) is 24.3 Å². The molecule has 0 aromatic heterocycles. The van der Waals surface area contributed by atoms with Gasteiger partial charge in [-0.25, -0.2) is 0 Å². The molecule has 1 unspecified atom stereocenters. The maximum Gasteiger partial charge on any atom is 0.223 e. The van der Waals surface area contributed by atoms with E-state index in [9.17, 15) is 9.59 Å². The van der Waals surface area contributed by atoms with Crippen LogP contribution >= 0.6 is 15.9 Å². The number of halogens is 1. The predicted molar refractivity (Wildman–Crippen MR) is 78.4 cm³/mol. The van der Waals surface area contributed by atoms with Gasteiger partial charge in [-0.05, 0) is 30.7 Å². The molecular weight excluding hydrogens is 324 g/mol. The fourth-order valence-electron chi connectivity index (χ4n) is 1.95. The highest BCUT2D eigenvalue weighted by atomic mass is 79.9. The maximum absolute atomic E-state index is 11.7. The molecular formula is C14H17BrN2O3. The van der Waals surface area contributed by atoms with Crippen LogP contribution in [-0.4, -0.2) is 31.0 Å². The number of hydrogen-bond acceptors (Lipinski definition) is 3. The number of carbonyl (C=O) groups excluding carboxylic acids is 2. The first-order valence-electron chi connectivity index (χ1n) is 6.58. The number of benzene rings is 1. The minimum atomic E-state index is -0.0525. The summed E-state index contributed by atoms with van der Waals surface area (Å²) in [6.07, 6.45) is 1.48. The van der Waals surface area contributed by atoms with Crippen molar-refractivity contribution in [3.05, 3.63) is 28.7 Å². The summed E-state index contributed by atoms with van der Waals surface area (Å²) in [5.74, 6) is 0.739. The molecule has 2 amide bonds. The van der Waals surface area contributed by atoms with Gasteiger partial charge in [0, 0.05) is 23.5 Å². The molecule has 6 heteroatoms. The van der Waals surface area contributed by atoms with E-state index >= 15 is 0 Å². The van der Waals surface area contributed by atoms with Crippen molar-refractivity contribution in [1.29, 1.82) is 0 Å². The average molecular weight is 341 g/mol. The zero-order valence-electron chi connectivity index (χ0n) is 11.0. The second-order valence-electron chi connectivity index (χ2n) is 4.66. The number of hydrogen-bond donors (Lipinski definition) is 2. The SMILES string of the molecule is O=C1CCC(NC(=O)CCOc2ccc(Br)cc2)CN1. The zero-order valence-corrected chi connectivity index (χ0v) is 12.6. The lowest BCUT2D eigenvalue weighted by atomic mass is 10.1. The fourth-order valence-corrected chi connectivity index (χ4v) is 2.21. The molecule has 1 fully saturated rings. The molecule has 1 aliphatic heterocycles. The van der Waals surface area contributed by atoms with Gasteiger partial charge in [-0.3, -0.25) is 9.59 Å². The minimum absolute atomic E-state index is 0.0351. The summed E-state index contributed by atoms with van der Waals surface area (Å²) in [5.41, 5.74) is 0. The van der Waals surface area contributed by atoms with Gasteiger partial charge in [0.1, 0.15) is 5.75 Å². The number of nitrogens with one attached hydrogen (secondary N) is 2. The van der Waals surface area contributed by atoms with E-state index in [2.05, 4.69) is 26.6 Å². The molecule has 1 saturated heterocycles. The molecule has 0 radical (unpaired) electrons. The first kappa shape index (κ1) is 14.8. The van der Waals surface area contributed by atoms with E-state index < -0.39 is 0 Å². The van der Waals surface area contributed by atoms with Gasteiger partial charge in [0.05, 0.1) is 13.0 Å². The summed E-state index contributed by atoms with van der Waals surface area (Å²) in [5, 5.41) is 5.63. The van der Waals surface area contributed by atoms with Crippen molar-refractivity contribution in [3.63, 3.8) is 0 Å². The van der Waals surface area contributed by atoms with Gasteiger partial charge in [-0.1, -0.05) is 15.9 Å². The van der Waals surface area contributed by atoms with Gasteiger partial charge in [-0.2, -0.15) is 0 Å². The summed E-state index contributed by atoms with van der Waals surface area (Å²) in [7, 11) is 0. The van der Waals surface area contributed by atoms with E-state index in [0.29, 0.717) is 32.4 Å². The van der Waals surface area contributed by atoms with Crippen molar-refractivity contribution in [1.82, 2.24) is 10.6 Å². The monoisotopic (exact) mass is 340 g/mol. The molecule has 108 valence electrons. The second kappa shape index (κ2) is 7.28. The highest BCUT2D eigenvalue weighted by molar-refractivity contribution is 9.10. The van der Waals surface area contributed by atoms with Crippen LogP contribution in [0.4, 0.5) is 0 Å². The van der Waals surface area contributed by atoms with E-state index in [1.165, 1.54) is 0 Å². The summed E-state index contributed by atoms with van der Waals surface area (Å²) >= 11 is 3.35. The standard InChI is InChI=1S/C14H17BrN2O3/c15-10-1-4-12(5-2-10)20-8-7-14(19)17-11-3-6-13(18)16-9-11/h1-2,4-5,11H,3,6-9H2,(H,16,18)(H,17,19). The van der Waals surface area contributed by atoms with Crippen molar-refractivity contribution < 1.29 is 14.3 Å². The van der Waals surface area contributed by atoms with Crippen molar-refractivity contribution in [3.8, 4) is 5.75 Å². The molecule has 20 heavy (non-hydrogen) atoms. The first-order chi connectivity index (χ1) is 9.63. The van der Waals surface area contributed by atoms with Gasteiger partial charge in [0.2, 0.25) is 11.8 Å². The first-order valence-corrected chi connectivity index (χ1v) is 7.37. The third kappa shape index (κ3) is 4.85. The highest BCUT2D eigenvalue weighted by Crippen LogP contribution is 2.16. The van der Waals surface area contributed by atoms with Gasteiger partial charge >= 0.3 is 0 Å². The summed E-state index contributed by atoms with van der Waals surface area (Å²) in [6, 6.07) is 7.50. The van der Waals surface area contributed by atoms with E-state index in [1.54, 1.807) is 0 Å². The normalized spacial score (nSPS) is 18.2. The molecule has 1 aliphatic rings. The minimum Gasteiger partial charge on any atom is -0.493 e. The lowest BCUT2D eigenvalue weighted by Crippen LogP contribution is -2.47. The highest BCUT2D eigenvalue weighted by Gasteiger charge is 2.19. The number of ether oxygens (including phenoxy) is 1. The largest absolute Gasteiger partial charge is 0.493 e. The zero-order chi connectivity index (χ0) is 14.4. The molecule has 1 atom stereocenters. The Morgan fingerprint density at radius 3 is 2.80 bits per heavy atom. The molecule has 0 aliphatic carbocycles. The second-order valence-corrected chi connectivity index (χ2v) is 5.58. The molecule has 1 aromatic rings. The molecule has 0 saturated carbocycles. The quantitative estimate of drug-likeness (QED) is 0.855. The summed E-state index contributed by atoms with van der Waals surface area (Å²) < 4.78 is 6.47. The van der Waals surface area contributed by atoms with Crippen LogP contribution in [0.3, 0.4) is 0 Å². The Bertz CT molecular complexity index is 466. The predicted octanol–water partition coefficient (Wildman–Crippen LogP) is 1.61. The Morgan fingerprint density at radius 1 is 1.40 bits per heavy atom. The van der Waals surface area contributed by atoms with Crippen LogP contribution in [0.5, 0.6) is 5.75 Å². The lowest BCUT2D eigenvalue weighted by Gasteiger charge is -2.23. The summed E-state index contributed by atoms with van der Waals surface area (Å²) in [4.78, 5) is 22.7. The molecule has 5 nitrogen and oxygen atoms in total. The van der Waals surface area contributed by atoms with Crippen molar-refractivity contribution in [2.24, 2.45) is 0 Å². The van der Waals surface area contributed by atoms with Crippen LogP contribution < -0.4 is 15.4 Å². The molecule has 0 spiro atoms. The Balaban J connectivity index is 1.65. The molecule has 1 heterocycles. The van der Waals surface area contributed by atoms with E-state index in [0.717, 1.165) is 10.2 Å². The number of rotatable bonds is 5. The van der Waals surface area contributed by atoms with Crippen molar-refractivity contribution in [2.75, 3.05) is 13.2 Å². The topological polar surface area (TPSA) is 67.4 Å².